The predicted molar refractivity (Wildman–Crippen MR) is 54.6 cm³/mol. The van der Waals surface area contributed by atoms with Crippen LogP contribution in [0.15, 0.2) is 12.1 Å². The zero-order chi connectivity index (χ0) is 9.14. The van der Waals surface area contributed by atoms with Crippen LogP contribution in [0.1, 0.15) is 24.5 Å². The van der Waals surface area contributed by atoms with Crippen molar-refractivity contribution in [2.75, 3.05) is 5.73 Å². The molecule has 0 bridgehead atoms. The van der Waals surface area contributed by atoms with E-state index in [4.69, 9.17) is 17.3 Å². The van der Waals surface area contributed by atoms with E-state index in [1.807, 2.05) is 13.0 Å². The fourth-order valence-electron chi connectivity index (χ4n) is 1.24. The highest BCUT2D eigenvalue weighted by Gasteiger charge is 2.01. The standard InChI is InChI=1S/C10H14ClN/c1-3-4-8-5-7(2)9(11)6-10(8)12/h5-6H,3-4,12H2,1-2H3. The summed E-state index contributed by atoms with van der Waals surface area (Å²) in [6.07, 6.45) is 2.15. The molecule has 66 valence electrons. The molecule has 0 amide bonds. The average molecular weight is 184 g/mol. The summed E-state index contributed by atoms with van der Waals surface area (Å²) in [5, 5.41) is 0.757. The molecule has 12 heavy (non-hydrogen) atoms. The average Bonchev–Trinajstić information content (AvgIpc) is 2.01. The molecule has 2 heteroatoms. The van der Waals surface area contributed by atoms with E-state index in [1.165, 1.54) is 5.56 Å². The molecule has 1 rings (SSSR count). The van der Waals surface area contributed by atoms with Gasteiger partial charge in [0.15, 0.2) is 0 Å². The third-order valence-corrected chi connectivity index (χ3v) is 2.35. The summed E-state index contributed by atoms with van der Waals surface area (Å²) in [4.78, 5) is 0. The lowest BCUT2D eigenvalue weighted by Crippen LogP contribution is -1.95. The first kappa shape index (κ1) is 9.40. The number of halogens is 1. The van der Waals surface area contributed by atoms with Gasteiger partial charge in [0.05, 0.1) is 0 Å². The Kier molecular flexibility index (Phi) is 2.99. The Morgan fingerprint density at radius 2 is 2.08 bits per heavy atom. The Bertz CT molecular complexity index is 281. The molecule has 0 unspecified atom stereocenters. The molecular weight excluding hydrogens is 170 g/mol. The topological polar surface area (TPSA) is 26.0 Å². The van der Waals surface area contributed by atoms with E-state index in [0.717, 1.165) is 29.1 Å². The summed E-state index contributed by atoms with van der Waals surface area (Å²) in [6, 6.07) is 3.91. The maximum Gasteiger partial charge on any atom is 0.0455 e. The molecule has 0 heterocycles. The zero-order valence-corrected chi connectivity index (χ0v) is 8.28. The van der Waals surface area contributed by atoms with Gasteiger partial charge in [-0.2, -0.15) is 0 Å². The van der Waals surface area contributed by atoms with Gasteiger partial charge in [0.25, 0.3) is 0 Å². The van der Waals surface area contributed by atoms with E-state index in [9.17, 15) is 0 Å². The highest BCUT2D eigenvalue weighted by molar-refractivity contribution is 6.31. The van der Waals surface area contributed by atoms with Gasteiger partial charge in [0.2, 0.25) is 0 Å². The molecule has 0 fully saturated rings. The van der Waals surface area contributed by atoms with Crippen molar-refractivity contribution in [2.45, 2.75) is 26.7 Å². The van der Waals surface area contributed by atoms with Crippen LogP contribution in [0.25, 0.3) is 0 Å². The number of nitrogens with two attached hydrogens (primary N) is 1. The van der Waals surface area contributed by atoms with Crippen LogP contribution in [0.4, 0.5) is 5.69 Å². The Balaban J connectivity index is 3.05. The molecule has 1 nitrogen and oxygen atoms in total. The van der Waals surface area contributed by atoms with Crippen molar-refractivity contribution in [3.63, 3.8) is 0 Å². The maximum atomic E-state index is 5.91. The molecule has 0 aromatic heterocycles. The summed E-state index contributed by atoms with van der Waals surface area (Å²) in [7, 11) is 0. The molecule has 0 aliphatic carbocycles. The molecule has 0 atom stereocenters. The van der Waals surface area contributed by atoms with Gasteiger partial charge in [-0.15, -0.1) is 0 Å². The van der Waals surface area contributed by atoms with Crippen LogP contribution >= 0.6 is 11.6 Å². The molecule has 2 N–H and O–H groups in total. The largest absolute Gasteiger partial charge is 0.398 e. The van der Waals surface area contributed by atoms with Crippen LogP contribution in [0.2, 0.25) is 5.02 Å². The first-order valence-electron chi connectivity index (χ1n) is 4.19. The van der Waals surface area contributed by atoms with Gasteiger partial charge >= 0.3 is 0 Å². The molecule has 0 radical (unpaired) electrons. The lowest BCUT2D eigenvalue weighted by Gasteiger charge is -2.06. The molecule has 1 aromatic carbocycles. The lowest BCUT2D eigenvalue weighted by molar-refractivity contribution is 0.923. The van der Waals surface area contributed by atoms with Crippen molar-refractivity contribution >= 4 is 17.3 Å². The highest BCUT2D eigenvalue weighted by Crippen LogP contribution is 2.23. The van der Waals surface area contributed by atoms with Crippen LogP contribution in [-0.4, -0.2) is 0 Å². The third kappa shape index (κ3) is 1.92. The van der Waals surface area contributed by atoms with Crippen LogP contribution in [0.5, 0.6) is 0 Å². The Morgan fingerprint density at radius 3 is 2.67 bits per heavy atom. The number of anilines is 1. The summed E-state index contributed by atoms with van der Waals surface area (Å²) in [5.74, 6) is 0. The van der Waals surface area contributed by atoms with Gasteiger partial charge in [-0.1, -0.05) is 31.0 Å². The van der Waals surface area contributed by atoms with Crippen LogP contribution < -0.4 is 5.73 Å². The van der Waals surface area contributed by atoms with Crippen molar-refractivity contribution in [3.8, 4) is 0 Å². The normalized spacial score (nSPS) is 10.2. The minimum absolute atomic E-state index is 0.757. The van der Waals surface area contributed by atoms with Gasteiger partial charge in [0.1, 0.15) is 0 Å². The Labute approximate surface area is 78.5 Å². The number of hydrogen-bond donors (Lipinski definition) is 1. The molecular formula is C10H14ClN. The molecule has 0 aliphatic rings. The maximum absolute atomic E-state index is 5.91. The zero-order valence-electron chi connectivity index (χ0n) is 7.52. The Morgan fingerprint density at radius 1 is 1.42 bits per heavy atom. The van der Waals surface area contributed by atoms with E-state index in [-0.39, 0.29) is 0 Å². The molecule has 0 saturated heterocycles. The van der Waals surface area contributed by atoms with Gasteiger partial charge in [-0.3, -0.25) is 0 Å². The van der Waals surface area contributed by atoms with Gasteiger partial charge < -0.3 is 5.73 Å². The monoisotopic (exact) mass is 183 g/mol. The Hall–Kier alpha value is -0.690. The van der Waals surface area contributed by atoms with Gasteiger partial charge in [0, 0.05) is 10.7 Å². The molecule has 0 saturated carbocycles. The molecule has 0 aliphatic heterocycles. The van der Waals surface area contributed by atoms with E-state index < -0.39 is 0 Å². The number of hydrogen-bond acceptors (Lipinski definition) is 1. The highest BCUT2D eigenvalue weighted by atomic mass is 35.5. The van der Waals surface area contributed by atoms with E-state index in [0.29, 0.717) is 0 Å². The van der Waals surface area contributed by atoms with E-state index in [2.05, 4.69) is 13.0 Å². The van der Waals surface area contributed by atoms with Crippen LogP contribution in [0, 0.1) is 6.92 Å². The number of nitrogen functional groups attached to an aromatic ring is 1. The number of aryl methyl sites for hydroxylation is 2. The van der Waals surface area contributed by atoms with Crippen molar-refractivity contribution in [3.05, 3.63) is 28.3 Å². The van der Waals surface area contributed by atoms with E-state index in [1.54, 1.807) is 0 Å². The predicted octanol–water partition coefficient (Wildman–Crippen LogP) is 3.18. The molecule has 1 aromatic rings. The lowest BCUT2D eigenvalue weighted by atomic mass is 10.1. The smallest absolute Gasteiger partial charge is 0.0455 e. The quantitative estimate of drug-likeness (QED) is 0.701. The van der Waals surface area contributed by atoms with Crippen molar-refractivity contribution in [1.82, 2.24) is 0 Å². The summed E-state index contributed by atoms with van der Waals surface area (Å²) in [5.41, 5.74) is 8.92. The summed E-state index contributed by atoms with van der Waals surface area (Å²) in [6.45, 7) is 4.14. The number of rotatable bonds is 2. The SMILES string of the molecule is CCCc1cc(C)c(Cl)cc1N. The minimum atomic E-state index is 0.757. The van der Waals surface area contributed by atoms with Crippen LogP contribution in [0.3, 0.4) is 0 Å². The second-order valence-electron chi connectivity index (χ2n) is 3.05. The summed E-state index contributed by atoms with van der Waals surface area (Å²) >= 11 is 5.91. The number of benzene rings is 1. The third-order valence-electron chi connectivity index (χ3n) is 1.94. The van der Waals surface area contributed by atoms with Crippen molar-refractivity contribution < 1.29 is 0 Å². The van der Waals surface area contributed by atoms with Gasteiger partial charge in [-0.05, 0) is 30.5 Å². The van der Waals surface area contributed by atoms with Gasteiger partial charge in [-0.25, -0.2) is 0 Å². The molecule has 0 spiro atoms. The van der Waals surface area contributed by atoms with Crippen molar-refractivity contribution in [2.24, 2.45) is 0 Å². The first-order valence-corrected chi connectivity index (χ1v) is 4.57. The van der Waals surface area contributed by atoms with Crippen molar-refractivity contribution in [1.29, 1.82) is 0 Å². The fourth-order valence-corrected chi connectivity index (χ4v) is 1.41. The minimum Gasteiger partial charge on any atom is -0.398 e. The second kappa shape index (κ2) is 3.81. The van der Waals surface area contributed by atoms with E-state index >= 15 is 0 Å². The summed E-state index contributed by atoms with van der Waals surface area (Å²) < 4.78 is 0. The fraction of sp³-hybridized carbons (Fsp3) is 0.400. The first-order chi connectivity index (χ1) is 5.65. The van der Waals surface area contributed by atoms with Crippen LogP contribution in [-0.2, 0) is 6.42 Å². The second-order valence-corrected chi connectivity index (χ2v) is 3.46.